The standard InChI is InChI=1S/C13H11BrN2O3/c1-8-4-10(14)6-16(12(8)17)7-11-3-2-9(5-15-11)13(18)19/h2-6H,7H2,1H3,(H,18,19). The maximum atomic E-state index is 11.9. The monoisotopic (exact) mass is 322 g/mol. The minimum Gasteiger partial charge on any atom is -0.478 e. The van der Waals surface area contributed by atoms with Gasteiger partial charge in [0, 0.05) is 22.4 Å². The highest BCUT2D eigenvalue weighted by Crippen LogP contribution is 2.09. The Hall–Kier alpha value is -1.95. The van der Waals surface area contributed by atoms with E-state index >= 15 is 0 Å². The van der Waals surface area contributed by atoms with Crippen LogP contribution < -0.4 is 5.56 Å². The number of pyridine rings is 2. The van der Waals surface area contributed by atoms with Crippen LogP contribution in [0.5, 0.6) is 0 Å². The van der Waals surface area contributed by atoms with Crippen LogP contribution in [0.4, 0.5) is 0 Å². The average Bonchev–Trinajstić information content (AvgIpc) is 2.36. The molecule has 0 fully saturated rings. The lowest BCUT2D eigenvalue weighted by atomic mass is 10.2. The Morgan fingerprint density at radius 3 is 2.79 bits per heavy atom. The quantitative estimate of drug-likeness (QED) is 0.938. The Morgan fingerprint density at radius 1 is 1.47 bits per heavy atom. The Morgan fingerprint density at radius 2 is 2.21 bits per heavy atom. The second-order valence-electron chi connectivity index (χ2n) is 4.12. The van der Waals surface area contributed by atoms with E-state index in [1.54, 1.807) is 25.3 Å². The number of aryl methyl sites for hydroxylation is 1. The Labute approximate surface area is 117 Å². The molecule has 0 radical (unpaired) electrons. The van der Waals surface area contributed by atoms with E-state index in [9.17, 15) is 9.59 Å². The van der Waals surface area contributed by atoms with E-state index in [4.69, 9.17) is 5.11 Å². The first-order valence-corrected chi connectivity index (χ1v) is 6.31. The summed E-state index contributed by atoms with van der Waals surface area (Å²) in [6.07, 6.45) is 2.97. The first-order valence-electron chi connectivity index (χ1n) is 5.52. The lowest BCUT2D eigenvalue weighted by Crippen LogP contribution is -2.22. The summed E-state index contributed by atoms with van der Waals surface area (Å²) in [7, 11) is 0. The summed E-state index contributed by atoms with van der Waals surface area (Å²) in [4.78, 5) is 26.7. The summed E-state index contributed by atoms with van der Waals surface area (Å²) in [5.41, 5.74) is 1.30. The second-order valence-corrected chi connectivity index (χ2v) is 5.03. The van der Waals surface area contributed by atoms with Gasteiger partial charge in [-0.1, -0.05) is 0 Å². The molecule has 0 aliphatic rings. The van der Waals surface area contributed by atoms with Gasteiger partial charge in [-0.3, -0.25) is 9.78 Å². The number of hydrogen-bond acceptors (Lipinski definition) is 3. The molecule has 0 saturated heterocycles. The van der Waals surface area contributed by atoms with Gasteiger partial charge in [-0.25, -0.2) is 4.79 Å². The van der Waals surface area contributed by atoms with Crippen molar-refractivity contribution in [1.82, 2.24) is 9.55 Å². The predicted octanol–water partition coefficient (Wildman–Crippen LogP) is 2.06. The van der Waals surface area contributed by atoms with Gasteiger partial charge < -0.3 is 9.67 Å². The normalized spacial score (nSPS) is 10.4. The molecular formula is C13H11BrN2O3. The number of carbonyl (C=O) groups is 1. The molecule has 2 rings (SSSR count). The highest BCUT2D eigenvalue weighted by atomic mass is 79.9. The minimum absolute atomic E-state index is 0.0905. The number of aromatic carboxylic acids is 1. The zero-order valence-corrected chi connectivity index (χ0v) is 11.7. The molecule has 0 aromatic carbocycles. The van der Waals surface area contributed by atoms with Gasteiger partial charge in [-0.2, -0.15) is 0 Å². The van der Waals surface area contributed by atoms with Gasteiger partial charge in [0.15, 0.2) is 0 Å². The number of carboxylic acids is 1. The van der Waals surface area contributed by atoms with Crippen molar-refractivity contribution < 1.29 is 9.90 Å². The second kappa shape index (κ2) is 5.36. The summed E-state index contributed by atoms with van der Waals surface area (Å²) >= 11 is 3.33. The van der Waals surface area contributed by atoms with E-state index in [0.717, 1.165) is 4.47 Å². The van der Waals surface area contributed by atoms with Crippen molar-refractivity contribution in [2.24, 2.45) is 0 Å². The molecule has 0 aliphatic heterocycles. The molecule has 6 heteroatoms. The molecule has 0 spiro atoms. The van der Waals surface area contributed by atoms with Crippen LogP contribution in [-0.4, -0.2) is 20.6 Å². The van der Waals surface area contributed by atoms with Gasteiger partial charge in [-0.15, -0.1) is 0 Å². The molecule has 2 aromatic rings. The van der Waals surface area contributed by atoms with Crippen LogP contribution in [-0.2, 0) is 6.54 Å². The molecule has 1 N–H and O–H groups in total. The zero-order chi connectivity index (χ0) is 14.0. The third kappa shape index (κ3) is 3.08. The number of carboxylic acid groups (broad SMARTS) is 1. The van der Waals surface area contributed by atoms with E-state index in [1.165, 1.54) is 16.8 Å². The third-order valence-electron chi connectivity index (χ3n) is 2.64. The van der Waals surface area contributed by atoms with E-state index in [1.807, 2.05) is 0 Å². The molecular weight excluding hydrogens is 312 g/mol. The molecule has 19 heavy (non-hydrogen) atoms. The van der Waals surface area contributed by atoms with Crippen LogP contribution in [0.15, 0.2) is 39.9 Å². The van der Waals surface area contributed by atoms with Crippen molar-refractivity contribution in [3.8, 4) is 0 Å². The molecule has 0 atom stereocenters. The lowest BCUT2D eigenvalue weighted by molar-refractivity contribution is 0.0696. The summed E-state index contributed by atoms with van der Waals surface area (Å²) in [5.74, 6) is -1.02. The number of hydrogen-bond donors (Lipinski definition) is 1. The highest BCUT2D eigenvalue weighted by molar-refractivity contribution is 9.10. The van der Waals surface area contributed by atoms with Gasteiger partial charge in [0.05, 0.1) is 17.8 Å². The minimum atomic E-state index is -1.02. The van der Waals surface area contributed by atoms with Gasteiger partial charge in [0.25, 0.3) is 5.56 Å². The molecule has 2 heterocycles. The fraction of sp³-hybridized carbons (Fsp3) is 0.154. The maximum absolute atomic E-state index is 11.9. The first-order chi connectivity index (χ1) is 8.97. The predicted molar refractivity (Wildman–Crippen MR) is 73.4 cm³/mol. The van der Waals surface area contributed by atoms with E-state index in [-0.39, 0.29) is 11.1 Å². The maximum Gasteiger partial charge on any atom is 0.337 e. The average molecular weight is 323 g/mol. The number of halogens is 1. The first kappa shape index (κ1) is 13.5. The highest BCUT2D eigenvalue weighted by Gasteiger charge is 2.06. The molecule has 0 unspecified atom stereocenters. The van der Waals surface area contributed by atoms with Crippen LogP contribution in [0.3, 0.4) is 0 Å². The molecule has 0 bridgehead atoms. The molecule has 0 amide bonds. The Bertz CT molecular complexity index is 677. The summed E-state index contributed by atoms with van der Waals surface area (Å²) in [6, 6.07) is 4.83. The van der Waals surface area contributed by atoms with Crippen LogP contribution in [0.2, 0.25) is 0 Å². The third-order valence-corrected chi connectivity index (χ3v) is 3.07. The van der Waals surface area contributed by atoms with Gasteiger partial charge >= 0.3 is 5.97 Å². The number of rotatable bonds is 3. The smallest absolute Gasteiger partial charge is 0.337 e. The molecule has 0 saturated carbocycles. The van der Waals surface area contributed by atoms with E-state index < -0.39 is 5.97 Å². The largest absolute Gasteiger partial charge is 0.478 e. The molecule has 2 aromatic heterocycles. The molecule has 5 nitrogen and oxygen atoms in total. The van der Waals surface area contributed by atoms with Crippen molar-refractivity contribution in [3.05, 3.63) is 62.2 Å². The summed E-state index contributed by atoms with van der Waals surface area (Å²) in [6.45, 7) is 2.05. The van der Waals surface area contributed by atoms with Gasteiger partial charge in [-0.05, 0) is 41.1 Å². The fourth-order valence-electron chi connectivity index (χ4n) is 1.68. The van der Waals surface area contributed by atoms with Crippen molar-refractivity contribution >= 4 is 21.9 Å². The van der Waals surface area contributed by atoms with Crippen molar-refractivity contribution in [2.75, 3.05) is 0 Å². The van der Waals surface area contributed by atoms with Crippen molar-refractivity contribution in [3.63, 3.8) is 0 Å². The van der Waals surface area contributed by atoms with E-state index in [2.05, 4.69) is 20.9 Å². The summed E-state index contributed by atoms with van der Waals surface area (Å²) < 4.78 is 2.34. The van der Waals surface area contributed by atoms with Crippen molar-refractivity contribution in [1.29, 1.82) is 0 Å². The number of aromatic nitrogens is 2. The van der Waals surface area contributed by atoms with Crippen LogP contribution >= 0.6 is 15.9 Å². The Balaban J connectivity index is 2.31. The molecule has 0 aliphatic carbocycles. The topological polar surface area (TPSA) is 72.2 Å². The Kier molecular flexibility index (Phi) is 3.80. The lowest BCUT2D eigenvalue weighted by Gasteiger charge is -2.07. The van der Waals surface area contributed by atoms with Gasteiger partial charge in [0.2, 0.25) is 0 Å². The van der Waals surface area contributed by atoms with Gasteiger partial charge in [0.1, 0.15) is 0 Å². The molecule has 98 valence electrons. The van der Waals surface area contributed by atoms with Crippen LogP contribution in [0.1, 0.15) is 21.6 Å². The van der Waals surface area contributed by atoms with Crippen molar-refractivity contribution in [2.45, 2.75) is 13.5 Å². The fourth-order valence-corrected chi connectivity index (χ4v) is 2.27. The zero-order valence-electron chi connectivity index (χ0n) is 10.1. The summed E-state index contributed by atoms with van der Waals surface area (Å²) in [5, 5.41) is 8.78. The van der Waals surface area contributed by atoms with Crippen LogP contribution in [0.25, 0.3) is 0 Å². The number of nitrogens with zero attached hydrogens (tertiary/aromatic N) is 2. The SMILES string of the molecule is Cc1cc(Br)cn(Cc2ccc(C(=O)O)cn2)c1=O. The van der Waals surface area contributed by atoms with E-state index in [0.29, 0.717) is 17.8 Å². The van der Waals surface area contributed by atoms with Crippen LogP contribution in [0, 0.1) is 6.92 Å².